The minimum atomic E-state index is -0.710. The van der Waals surface area contributed by atoms with Gasteiger partial charge >= 0.3 is 5.97 Å². The summed E-state index contributed by atoms with van der Waals surface area (Å²) in [6.45, 7) is 4.59. The van der Waals surface area contributed by atoms with Gasteiger partial charge < -0.3 is 15.0 Å². The van der Waals surface area contributed by atoms with Crippen molar-refractivity contribution in [3.05, 3.63) is 33.7 Å². The molecule has 1 aromatic rings. The van der Waals surface area contributed by atoms with Crippen LogP contribution in [0.2, 0.25) is 0 Å². The first-order chi connectivity index (χ1) is 12.4. The predicted molar refractivity (Wildman–Crippen MR) is 102 cm³/mol. The van der Waals surface area contributed by atoms with Crippen molar-refractivity contribution in [3.8, 4) is 0 Å². The lowest BCUT2D eigenvalue weighted by atomic mass is 10.1. The van der Waals surface area contributed by atoms with Gasteiger partial charge in [0, 0.05) is 36.5 Å². The SMILES string of the molecule is Cc1cc(=O)cc(C)n1CC(=O)NCCCCCCCCCCC(=O)O. The summed E-state index contributed by atoms with van der Waals surface area (Å²) in [7, 11) is 0. The Morgan fingerprint density at radius 1 is 0.923 bits per heavy atom. The molecule has 0 bridgehead atoms. The van der Waals surface area contributed by atoms with Crippen LogP contribution in [-0.2, 0) is 16.1 Å². The van der Waals surface area contributed by atoms with Gasteiger partial charge in [-0.25, -0.2) is 0 Å². The van der Waals surface area contributed by atoms with Crippen LogP contribution in [0.15, 0.2) is 16.9 Å². The molecule has 1 aromatic heterocycles. The molecular weight excluding hydrogens is 332 g/mol. The topological polar surface area (TPSA) is 88.4 Å². The molecule has 0 spiro atoms. The minimum Gasteiger partial charge on any atom is -0.481 e. The lowest BCUT2D eigenvalue weighted by Gasteiger charge is -2.14. The molecule has 146 valence electrons. The van der Waals surface area contributed by atoms with Gasteiger partial charge in [0.2, 0.25) is 5.91 Å². The van der Waals surface area contributed by atoms with E-state index in [4.69, 9.17) is 5.11 Å². The third kappa shape index (κ3) is 9.39. The number of hydrogen-bond acceptors (Lipinski definition) is 3. The first-order valence-corrected chi connectivity index (χ1v) is 9.56. The molecule has 1 amide bonds. The molecular formula is C20H32N2O4. The van der Waals surface area contributed by atoms with Crippen LogP contribution in [-0.4, -0.2) is 28.1 Å². The Morgan fingerprint density at radius 3 is 1.96 bits per heavy atom. The number of unbranched alkanes of at least 4 members (excludes halogenated alkanes) is 7. The zero-order chi connectivity index (χ0) is 19.4. The number of nitrogens with zero attached hydrogens (tertiary/aromatic N) is 1. The number of carbonyl (C=O) groups is 2. The summed E-state index contributed by atoms with van der Waals surface area (Å²) >= 11 is 0. The van der Waals surface area contributed by atoms with Crippen LogP contribution in [0.1, 0.15) is 69.2 Å². The summed E-state index contributed by atoms with van der Waals surface area (Å²) in [6, 6.07) is 3.09. The lowest BCUT2D eigenvalue weighted by Crippen LogP contribution is -2.30. The first-order valence-electron chi connectivity index (χ1n) is 9.56. The van der Waals surface area contributed by atoms with Gasteiger partial charge in [-0.3, -0.25) is 14.4 Å². The van der Waals surface area contributed by atoms with Crippen LogP contribution < -0.4 is 10.7 Å². The second-order valence-corrected chi connectivity index (χ2v) is 6.88. The van der Waals surface area contributed by atoms with Gasteiger partial charge in [-0.05, 0) is 26.7 Å². The van der Waals surface area contributed by atoms with Crippen molar-refractivity contribution >= 4 is 11.9 Å². The molecule has 0 aliphatic rings. The van der Waals surface area contributed by atoms with E-state index in [0.29, 0.717) is 6.54 Å². The molecule has 0 saturated carbocycles. The minimum absolute atomic E-state index is 0.0291. The van der Waals surface area contributed by atoms with Crippen molar-refractivity contribution in [2.75, 3.05) is 6.54 Å². The van der Waals surface area contributed by atoms with Crippen LogP contribution in [0.3, 0.4) is 0 Å². The van der Waals surface area contributed by atoms with Crippen molar-refractivity contribution in [1.29, 1.82) is 0 Å². The van der Waals surface area contributed by atoms with E-state index >= 15 is 0 Å². The average molecular weight is 364 g/mol. The molecule has 6 heteroatoms. The maximum Gasteiger partial charge on any atom is 0.303 e. The number of aryl methyl sites for hydroxylation is 2. The number of carboxylic acids is 1. The van der Waals surface area contributed by atoms with Crippen molar-refractivity contribution in [3.63, 3.8) is 0 Å². The molecule has 0 aliphatic heterocycles. The van der Waals surface area contributed by atoms with E-state index in [-0.39, 0.29) is 24.3 Å². The number of aromatic nitrogens is 1. The summed E-state index contributed by atoms with van der Waals surface area (Å²) in [5.74, 6) is -0.739. The van der Waals surface area contributed by atoms with E-state index in [0.717, 1.165) is 62.8 Å². The number of amides is 1. The zero-order valence-electron chi connectivity index (χ0n) is 16.1. The zero-order valence-corrected chi connectivity index (χ0v) is 16.1. The quantitative estimate of drug-likeness (QED) is 0.526. The van der Waals surface area contributed by atoms with Crippen LogP contribution in [0, 0.1) is 13.8 Å². The fourth-order valence-corrected chi connectivity index (χ4v) is 3.03. The molecule has 0 unspecified atom stereocenters. The van der Waals surface area contributed by atoms with Crippen LogP contribution >= 0.6 is 0 Å². The summed E-state index contributed by atoms with van der Waals surface area (Å²) in [4.78, 5) is 33.8. The number of carbonyl (C=O) groups excluding carboxylic acids is 1. The van der Waals surface area contributed by atoms with Crippen LogP contribution in [0.5, 0.6) is 0 Å². The Hall–Kier alpha value is -2.11. The number of nitrogens with one attached hydrogen (secondary N) is 1. The molecule has 0 aliphatic carbocycles. The van der Waals surface area contributed by atoms with Crippen molar-refractivity contribution in [2.45, 2.75) is 78.2 Å². The third-order valence-corrected chi connectivity index (χ3v) is 4.50. The molecule has 26 heavy (non-hydrogen) atoms. The smallest absolute Gasteiger partial charge is 0.303 e. The largest absolute Gasteiger partial charge is 0.481 e. The van der Waals surface area contributed by atoms with Crippen LogP contribution in [0.4, 0.5) is 0 Å². The summed E-state index contributed by atoms with van der Waals surface area (Å²) in [6.07, 6.45) is 8.65. The highest BCUT2D eigenvalue weighted by atomic mass is 16.4. The van der Waals surface area contributed by atoms with Gasteiger partial charge in [0.05, 0.1) is 0 Å². The maximum absolute atomic E-state index is 12.0. The second-order valence-electron chi connectivity index (χ2n) is 6.88. The van der Waals surface area contributed by atoms with E-state index < -0.39 is 5.97 Å². The highest BCUT2D eigenvalue weighted by molar-refractivity contribution is 5.75. The third-order valence-electron chi connectivity index (χ3n) is 4.50. The number of pyridine rings is 1. The van der Waals surface area contributed by atoms with Gasteiger partial charge in [0.25, 0.3) is 0 Å². The molecule has 0 atom stereocenters. The van der Waals surface area contributed by atoms with Gasteiger partial charge in [0.15, 0.2) is 5.43 Å². The van der Waals surface area contributed by atoms with Gasteiger partial charge in [0.1, 0.15) is 6.54 Å². The van der Waals surface area contributed by atoms with Crippen molar-refractivity contribution in [1.82, 2.24) is 9.88 Å². The summed E-state index contributed by atoms with van der Waals surface area (Å²) in [5.41, 5.74) is 1.57. The van der Waals surface area contributed by atoms with Crippen LogP contribution in [0.25, 0.3) is 0 Å². The Bertz CT molecular complexity index is 611. The predicted octanol–water partition coefficient (Wildman–Crippen LogP) is 3.18. The van der Waals surface area contributed by atoms with E-state index in [1.807, 2.05) is 18.4 Å². The van der Waals surface area contributed by atoms with Gasteiger partial charge in [-0.15, -0.1) is 0 Å². The van der Waals surface area contributed by atoms with E-state index in [2.05, 4.69) is 5.32 Å². The van der Waals surface area contributed by atoms with E-state index in [9.17, 15) is 14.4 Å². The molecule has 2 N–H and O–H groups in total. The number of hydrogen-bond donors (Lipinski definition) is 2. The van der Waals surface area contributed by atoms with Gasteiger partial charge in [-0.1, -0.05) is 38.5 Å². The monoisotopic (exact) mass is 364 g/mol. The average Bonchev–Trinajstić information content (AvgIpc) is 2.55. The Kier molecular flexibility index (Phi) is 10.4. The molecule has 1 rings (SSSR count). The number of aliphatic carboxylic acids is 1. The second kappa shape index (κ2) is 12.3. The highest BCUT2D eigenvalue weighted by Crippen LogP contribution is 2.09. The molecule has 0 aromatic carbocycles. The summed E-state index contributed by atoms with van der Waals surface area (Å²) < 4.78 is 1.85. The van der Waals surface area contributed by atoms with Crippen molar-refractivity contribution in [2.24, 2.45) is 0 Å². The first kappa shape index (κ1) is 21.9. The molecule has 1 heterocycles. The molecule has 0 radical (unpaired) electrons. The fraction of sp³-hybridized carbons (Fsp3) is 0.650. The van der Waals surface area contributed by atoms with Crippen molar-refractivity contribution < 1.29 is 14.7 Å². The lowest BCUT2D eigenvalue weighted by molar-refractivity contribution is -0.137. The Morgan fingerprint density at radius 2 is 1.42 bits per heavy atom. The standard InChI is InChI=1S/C20H32N2O4/c1-16-13-18(23)14-17(2)22(16)15-19(24)21-12-10-8-6-4-3-5-7-9-11-20(25)26/h13-14H,3-12,15H2,1-2H3,(H,21,24)(H,25,26). The van der Waals surface area contributed by atoms with Gasteiger partial charge in [-0.2, -0.15) is 0 Å². The number of rotatable bonds is 13. The summed E-state index contributed by atoms with van der Waals surface area (Å²) in [5, 5.41) is 11.5. The fourth-order valence-electron chi connectivity index (χ4n) is 3.03. The maximum atomic E-state index is 12.0. The molecule has 0 saturated heterocycles. The highest BCUT2D eigenvalue weighted by Gasteiger charge is 2.06. The Balaban J connectivity index is 2.05. The molecule has 0 fully saturated rings. The Labute approximate surface area is 155 Å². The van der Waals surface area contributed by atoms with E-state index in [1.165, 1.54) is 0 Å². The van der Waals surface area contributed by atoms with E-state index in [1.54, 1.807) is 12.1 Å². The normalized spacial score (nSPS) is 10.7. The molecule has 6 nitrogen and oxygen atoms in total. The number of carboxylic acid groups (broad SMARTS) is 1.